The van der Waals surface area contributed by atoms with Crippen molar-refractivity contribution in [2.75, 3.05) is 13.2 Å². The number of aliphatic hydroxyl groups excluding tert-OH is 1. The molecule has 3 saturated carbocycles. The topological polar surface area (TPSA) is 240 Å². The number of hydrogen-bond acceptors (Lipinski definition) is 11. The van der Waals surface area contributed by atoms with Gasteiger partial charge in [0, 0.05) is 43.4 Å². The molecule has 1 aromatic carbocycles. The highest BCUT2D eigenvalue weighted by atomic mass is 16.6. The van der Waals surface area contributed by atoms with Crippen LogP contribution in [0.5, 0.6) is 0 Å². The van der Waals surface area contributed by atoms with Gasteiger partial charge >= 0.3 is 11.9 Å². The van der Waals surface area contributed by atoms with Gasteiger partial charge in [-0.15, -0.1) is 0 Å². The first-order chi connectivity index (χ1) is 26.0. The highest BCUT2D eigenvalue weighted by Crippen LogP contribution is 2.67. The summed E-state index contributed by atoms with van der Waals surface area (Å²) in [5, 5.41) is 47.8. The summed E-state index contributed by atoms with van der Waals surface area (Å²) in [5.41, 5.74) is -1.37. The lowest BCUT2D eigenvalue weighted by atomic mass is 9.46. The van der Waals surface area contributed by atoms with E-state index in [1.807, 2.05) is 13.0 Å². The zero-order valence-electron chi connectivity index (χ0n) is 31.6. The van der Waals surface area contributed by atoms with Crippen molar-refractivity contribution in [3.8, 4) is 0 Å². The van der Waals surface area contributed by atoms with Gasteiger partial charge in [-0.3, -0.25) is 34.1 Å². The van der Waals surface area contributed by atoms with Crippen molar-refractivity contribution in [3.05, 3.63) is 51.6 Å². The molecule has 3 fully saturated rings. The van der Waals surface area contributed by atoms with Crippen LogP contribution in [0.15, 0.2) is 35.9 Å². The highest BCUT2D eigenvalue weighted by Gasteiger charge is 2.66. The van der Waals surface area contributed by atoms with Crippen LogP contribution < -0.4 is 10.6 Å². The number of carboxylic acid groups (broad SMARTS) is 1. The molecule has 55 heavy (non-hydrogen) atoms. The number of carboxylic acids is 1. The number of nitro benzene ring substituents is 1. The second-order valence-electron chi connectivity index (χ2n) is 16.2. The normalized spacial score (nSPS) is 29.3. The monoisotopic (exact) mass is 767 g/mol. The number of unbranched alkanes of at least 4 members (excludes halogenated alkanes) is 2. The SMILES string of the molecule is C[C@]12CCC(=O)C=C1CC[C@@H]1[C@H]2CC[C@@]2(C)[C@H]1CC[C@]2(O)C(=O)COC(=O)CCC(=O)NCCCCCC(=O)N[C@@H](C(=O)O)[C@@H](O)c1cccc([N+](=O)[O-])c1. The van der Waals surface area contributed by atoms with Crippen LogP contribution in [-0.2, 0) is 33.5 Å². The number of nitro groups is 1. The second-order valence-corrected chi connectivity index (χ2v) is 16.2. The summed E-state index contributed by atoms with van der Waals surface area (Å²) >= 11 is 0. The summed E-state index contributed by atoms with van der Waals surface area (Å²) in [7, 11) is 0. The molecule has 8 atom stereocenters. The van der Waals surface area contributed by atoms with Gasteiger partial charge in [0.15, 0.2) is 18.4 Å². The van der Waals surface area contributed by atoms with Gasteiger partial charge in [-0.1, -0.05) is 38.0 Å². The molecule has 4 aliphatic rings. The number of fused-ring (bicyclic) bond motifs is 5. The lowest BCUT2D eigenvalue weighted by Gasteiger charge is -2.58. The van der Waals surface area contributed by atoms with Crippen LogP contribution in [0.4, 0.5) is 5.69 Å². The van der Waals surface area contributed by atoms with Gasteiger partial charge in [0.25, 0.3) is 5.69 Å². The maximum absolute atomic E-state index is 13.5. The number of esters is 1. The molecule has 300 valence electrons. The number of aliphatic carboxylic acids is 1. The summed E-state index contributed by atoms with van der Waals surface area (Å²) < 4.78 is 5.25. The predicted molar refractivity (Wildman–Crippen MR) is 196 cm³/mol. The number of ketones is 2. The molecule has 0 radical (unpaired) electrons. The number of carbonyl (C=O) groups is 6. The van der Waals surface area contributed by atoms with Crippen molar-refractivity contribution < 1.29 is 53.7 Å². The lowest BCUT2D eigenvalue weighted by molar-refractivity contribution is -0.385. The lowest BCUT2D eigenvalue weighted by Crippen LogP contribution is -2.58. The van der Waals surface area contributed by atoms with E-state index < -0.39 is 64.2 Å². The van der Waals surface area contributed by atoms with Crippen molar-refractivity contribution in [2.45, 2.75) is 121 Å². The Balaban J connectivity index is 0.974. The van der Waals surface area contributed by atoms with E-state index in [2.05, 4.69) is 17.6 Å². The van der Waals surface area contributed by atoms with Crippen LogP contribution >= 0.6 is 0 Å². The fraction of sp³-hybridized carbons (Fsp3) is 0.650. The molecule has 0 unspecified atom stereocenters. The van der Waals surface area contributed by atoms with Crippen molar-refractivity contribution in [1.82, 2.24) is 10.6 Å². The maximum atomic E-state index is 13.5. The number of nitrogens with one attached hydrogen (secondary N) is 2. The molecule has 5 rings (SSSR count). The molecule has 2 amide bonds. The summed E-state index contributed by atoms with van der Waals surface area (Å²) in [6.45, 7) is 3.99. The van der Waals surface area contributed by atoms with E-state index in [1.165, 1.54) is 23.8 Å². The Bertz CT molecular complexity index is 1730. The van der Waals surface area contributed by atoms with Gasteiger partial charge < -0.3 is 30.7 Å². The van der Waals surface area contributed by atoms with Gasteiger partial charge in [-0.25, -0.2) is 4.79 Å². The molecule has 0 aromatic heterocycles. The number of Topliss-reactive ketones (excluding diaryl/α,β-unsaturated/α-hetero) is 1. The van der Waals surface area contributed by atoms with Crippen molar-refractivity contribution in [1.29, 1.82) is 0 Å². The Morgan fingerprint density at radius 2 is 1.71 bits per heavy atom. The maximum Gasteiger partial charge on any atom is 0.329 e. The van der Waals surface area contributed by atoms with Crippen LogP contribution in [-0.4, -0.2) is 80.4 Å². The van der Waals surface area contributed by atoms with E-state index in [0.29, 0.717) is 50.4 Å². The minimum atomic E-state index is -1.72. The fourth-order valence-corrected chi connectivity index (χ4v) is 10.0. The molecule has 5 N–H and O–H groups in total. The third kappa shape index (κ3) is 8.82. The number of non-ortho nitro benzene ring substituents is 1. The fourth-order valence-electron chi connectivity index (χ4n) is 10.0. The van der Waals surface area contributed by atoms with Gasteiger partial charge in [-0.2, -0.15) is 0 Å². The van der Waals surface area contributed by atoms with E-state index >= 15 is 0 Å². The Morgan fingerprint density at radius 1 is 0.964 bits per heavy atom. The van der Waals surface area contributed by atoms with Crippen LogP contribution in [0.1, 0.15) is 115 Å². The molecule has 0 bridgehead atoms. The minimum Gasteiger partial charge on any atom is -0.480 e. The number of carbonyl (C=O) groups excluding carboxylic acids is 5. The largest absolute Gasteiger partial charge is 0.480 e. The molecule has 0 saturated heterocycles. The summed E-state index contributed by atoms with van der Waals surface area (Å²) in [6, 6.07) is 3.14. The van der Waals surface area contributed by atoms with Gasteiger partial charge in [0.1, 0.15) is 11.7 Å². The van der Waals surface area contributed by atoms with Crippen molar-refractivity contribution in [3.63, 3.8) is 0 Å². The standard InChI is InChI=1S/C40H53N3O12/c1-38-17-14-27(44)22-25(38)10-11-28-29(38)15-18-39(2)30(28)16-19-40(39,52)31(45)23-55-34(48)13-12-32(46)41-20-5-3-4-9-33(47)42-35(37(50)51)36(49)24-7-6-8-26(21-24)43(53)54/h6-8,21-22,28-30,35-36,49,52H,3-5,9-20,23H2,1-2H3,(H,41,46)(H,42,47)(H,50,51)/t28-,29-,30+,35-,36+,38+,39+,40+/m1/s1. The van der Waals surface area contributed by atoms with Crippen molar-refractivity contribution in [2.24, 2.45) is 28.6 Å². The van der Waals surface area contributed by atoms with E-state index in [4.69, 9.17) is 4.74 Å². The third-order valence-corrected chi connectivity index (χ3v) is 13.2. The quantitative estimate of drug-likeness (QED) is 0.0654. The molecule has 0 aliphatic heterocycles. The predicted octanol–water partition coefficient (Wildman–Crippen LogP) is 4.03. The average Bonchev–Trinajstić information content (AvgIpc) is 3.44. The summed E-state index contributed by atoms with van der Waals surface area (Å²) in [4.78, 5) is 84.9. The van der Waals surface area contributed by atoms with Gasteiger partial charge in [0.2, 0.25) is 17.6 Å². The zero-order chi connectivity index (χ0) is 40.1. The first-order valence-electron chi connectivity index (χ1n) is 19.4. The van der Waals surface area contributed by atoms with Crippen LogP contribution in [0.2, 0.25) is 0 Å². The minimum absolute atomic E-state index is 0.0223. The Morgan fingerprint density at radius 3 is 2.44 bits per heavy atom. The Labute approximate surface area is 319 Å². The number of benzene rings is 1. The number of amides is 2. The Hall–Kier alpha value is -4.50. The van der Waals surface area contributed by atoms with E-state index in [1.54, 1.807) is 0 Å². The van der Waals surface area contributed by atoms with Gasteiger partial charge in [-0.05, 0) is 92.6 Å². The average molecular weight is 768 g/mol. The number of ether oxygens (including phenoxy) is 1. The summed E-state index contributed by atoms with van der Waals surface area (Å²) in [6.07, 6.45) is 6.83. The molecule has 4 aliphatic carbocycles. The number of nitrogens with zero attached hydrogens (tertiary/aromatic N) is 1. The molecular weight excluding hydrogens is 714 g/mol. The number of allylic oxidation sites excluding steroid dienone is 1. The van der Waals surface area contributed by atoms with E-state index in [-0.39, 0.29) is 54.2 Å². The smallest absolute Gasteiger partial charge is 0.329 e. The Kier molecular flexibility index (Phi) is 13.0. The van der Waals surface area contributed by atoms with E-state index in [9.17, 15) is 54.2 Å². The first kappa shape index (κ1) is 41.7. The zero-order valence-corrected chi connectivity index (χ0v) is 31.6. The molecular formula is C40H53N3O12. The van der Waals surface area contributed by atoms with Crippen LogP contribution in [0.3, 0.4) is 0 Å². The van der Waals surface area contributed by atoms with Crippen LogP contribution in [0, 0.1) is 38.7 Å². The van der Waals surface area contributed by atoms with Gasteiger partial charge in [0.05, 0.1) is 11.3 Å². The number of hydrogen-bond donors (Lipinski definition) is 5. The van der Waals surface area contributed by atoms with Crippen LogP contribution in [0.25, 0.3) is 0 Å². The first-order valence-corrected chi connectivity index (χ1v) is 19.4. The highest BCUT2D eigenvalue weighted by molar-refractivity contribution is 5.92. The van der Waals surface area contributed by atoms with Crippen molar-refractivity contribution >= 4 is 41.0 Å². The third-order valence-electron chi connectivity index (χ3n) is 13.2. The number of aliphatic hydroxyl groups is 2. The second kappa shape index (κ2) is 17.1. The van der Waals surface area contributed by atoms with E-state index in [0.717, 1.165) is 38.2 Å². The number of rotatable bonds is 17. The molecule has 15 nitrogen and oxygen atoms in total. The molecule has 1 aromatic rings. The summed E-state index contributed by atoms with van der Waals surface area (Å²) in [5.74, 6) is -2.65. The molecule has 0 spiro atoms. The molecule has 0 heterocycles. The molecule has 15 heteroatoms.